The number of carboxylic acids is 1. The average molecular weight is 184 g/mol. The van der Waals surface area contributed by atoms with Gasteiger partial charge in [-0.15, -0.1) is 11.3 Å². The molecule has 0 amide bonds. The number of rotatable bonds is 3. The van der Waals surface area contributed by atoms with Crippen molar-refractivity contribution in [2.24, 2.45) is 5.92 Å². The van der Waals surface area contributed by atoms with E-state index in [1.54, 1.807) is 18.3 Å². The minimum absolute atomic E-state index is 0.113. The second-order valence-corrected chi connectivity index (χ2v) is 3.91. The molecule has 1 aromatic heterocycles. The minimum Gasteiger partial charge on any atom is -0.481 e. The molecular formula is C9H12O2S. The summed E-state index contributed by atoms with van der Waals surface area (Å²) in [4.78, 5) is 11.8. The zero-order chi connectivity index (χ0) is 9.14. The van der Waals surface area contributed by atoms with Gasteiger partial charge in [0.2, 0.25) is 0 Å². The highest BCUT2D eigenvalue weighted by Gasteiger charge is 2.21. The van der Waals surface area contributed by atoms with Crippen LogP contribution < -0.4 is 0 Å². The largest absolute Gasteiger partial charge is 0.481 e. The van der Waals surface area contributed by atoms with Crippen LogP contribution in [-0.2, 0) is 4.79 Å². The third-order valence-corrected chi connectivity index (χ3v) is 3.20. The summed E-state index contributed by atoms with van der Waals surface area (Å²) in [6.45, 7) is 3.69. The summed E-state index contributed by atoms with van der Waals surface area (Å²) in [6, 6.07) is 3.93. The van der Waals surface area contributed by atoms with E-state index in [-0.39, 0.29) is 11.8 Å². The maximum atomic E-state index is 10.6. The number of carbonyl (C=O) groups is 1. The Morgan fingerprint density at radius 2 is 2.25 bits per heavy atom. The summed E-state index contributed by atoms with van der Waals surface area (Å²) in [5.74, 6) is -0.915. The van der Waals surface area contributed by atoms with Gasteiger partial charge in [-0.05, 0) is 11.4 Å². The van der Waals surface area contributed by atoms with E-state index >= 15 is 0 Å². The zero-order valence-corrected chi connectivity index (χ0v) is 7.97. The molecule has 12 heavy (non-hydrogen) atoms. The lowest BCUT2D eigenvalue weighted by Crippen LogP contribution is -2.15. The average Bonchev–Trinajstić information content (AvgIpc) is 2.53. The van der Waals surface area contributed by atoms with Gasteiger partial charge < -0.3 is 5.11 Å². The van der Waals surface area contributed by atoms with Crippen LogP contribution in [0, 0.1) is 5.92 Å². The first-order chi connectivity index (χ1) is 5.63. The van der Waals surface area contributed by atoms with Crippen molar-refractivity contribution in [2.75, 3.05) is 0 Å². The van der Waals surface area contributed by atoms with Crippen molar-refractivity contribution in [3.05, 3.63) is 22.4 Å². The number of thiophene rings is 1. The van der Waals surface area contributed by atoms with Gasteiger partial charge in [0.1, 0.15) is 0 Å². The van der Waals surface area contributed by atoms with E-state index in [1.807, 2.05) is 24.4 Å². The Labute approximate surface area is 75.9 Å². The summed E-state index contributed by atoms with van der Waals surface area (Å²) in [6.07, 6.45) is 0. The van der Waals surface area contributed by atoms with Gasteiger partial charge in [-0.1, -0.05) is 19.9 Å². The maximum absolute atomic E-state index is 10.6. The third-order valence-electron chi connectivity index (χ3n) is 2.13. The first kappa shape index (κ1) is 9.26. The Kier molecular flexibility index (Phi) is 2.87. The first-order valence-corrected chi connectivity index (χ1v) is 4.77. The molecule has 1 aromatic rings. The number of hydrogen-bond donors (Lipinski definition) is 1. The van der Waals surface area contributed by atoms with Crippen LogP contribution in [0.15, 0.2) is 17.5 Å². The van der Waals surface area contributed by atoms with Gasteiger partial charge in [0.25, 0.3) is 0 Å². The molecule has 2 atom stereocenters. The molecule has 1 N–H and O–H groups in total. The van der Waals surface area contributed by atoms with Crippen LogP contribution in [0.3, 0.4) is 0 Å². The molecule has 1 heterocycles. The van der Waals surface area contributed by atoms with E-state index in [2.05, 4.69) is 0 Å². The summed E-state index contributed by atoms with van der Waals surface area (Å²) in [5, 5.41) is 10.7. The normalized spacial score (nSPS) is 15.5. The molecule has 2 nitrogen and oxygen atoms in total. The van der Waals surface area contributed by atoms with Gasteiger partial charge in [0.05, 0.1) is 5.92 Å². The molecule has 0 aromatic carbocycles. The van der Waals surface area contributed by atoms with E-state index in [0.29, 0.717) is 0 Å². The molecule has 0 aliphatic carbocycles. The summed E-state index contributed by atoms with van der Waals surface area (Å²) >= 11 is 1.61. The van der Waals surface area contributed by atoms with Crippen molar-refractivity contribution < 1.29 is 9.90 Å². The predicted molar refractivity (Wildman–Crippen MR) is 49.5 cm³/mol. The fourth-order valence-corrected chi connectivity index (χ4v) is 1.90. The smallest absolute Gasteiger partial charge is 0.306 e. The van der Waals surface area contributed by atoms with Crippen molar-refractivity contribution in [2.45, 2.75) is 19.8 Å². The van der Waals surface area contributed by atoms with Crippen LogP contribution >= 0.6 is 11.3 Å². The molecule has 0 aliphatic rings. The molecule has 0 saturated heterocycles. The maximum Gasteiger partial charge on any atom is 0.306 e. The molecule has 0 bridgehead atoms. The van der Waals surface area contributed by atoms with E-state index in [1.165, 1.54) is 0 Å². The van der Waals surface area contributed by atoms with Gasteiger partial charge in [-0.25, -0.2) is 0 Å². The summed E-state index contributed by atoms with van der Waals surface area (Å²) < 4.78 is 0. The molecule has 1 rings (SSSR count). The van der Waals surface area contributed by atoms with Crippen molar-refractivity contribution in [1.29, 1.82) is 0 Å². The number of hydrogen-bond acceptors (Lipinski definition) is 2. The van der Waals surface area contributed by atoms with Crippen LogP contribution in [0.4, 0.5) is 0 Å². The predicted octanol–water partition coefficient (Wildman–Crippen LogP) is 2.57. The Bertz CT molecular complexity index is 254. The van der Waals surface area contributed by atoms with Gasteiger partial charge in [0, 0.05) is 10.8 Å². The van der Waals surface area contributed by atoms with Gasteiger partial charge in [-0.3, -0.25) is 4.79 Å². The Morgan fingerprint density at radius 1 is 1.58 bits per heavy atom. The fraction of sp³-hybridized carbons (Fsp3) is 0.444. The summed E-state index contributed by atoms with van der Waals surface area (Å²) in [7, 11) is 0. The topological polar surface area (TPSA) is 37.3 Å². The quantitative estimate of drug-likeness (QED) is 0.784. The van der Waals surface area contributed by atoms with E-state index < -0.39 is 5.97 Å². The molecule has 0 saturated carbocycles. The molecule has 0 spiro atoms. The minimum atomic E-state index is -0.726. The number of carboxylic acid groups (broad SMARTS) is 1. The molecule has 0 radical (unpaired) electrons. The third kappa shape index (κ3) is 1.85. The second-order valence-electron chi connectivity index (χ2n) is 2.93. The van der Waals surface area contributed by atoms with Crippen molar-refractivity contribution in [1.82, 2.24) is 0 Å². The van der Waals surface area contributed by atoms with Crippen molar-refractivity contribution in [3.63, 3.8) is 0 Å². The SMILES string of the molecule is CC(C(=O)O)C(C)c1cccs1. The first-order valence-electron chi connectivity index (χ1n) is 3.89. The Hall–Kier alpha value is -0.830. The highest BCUT2D eigenvalue weighted by molar-refractivity contribution is 7.10. The lowest BCUT2D eigenvalue weighted by molar-refractivity contribution is -0.141. The van der Waals surface area contributed by atoms with Crippen molar-refractivity contribution in [3.8, 4) is 0 Å². The summed E-state index contributed by atoms with van der Waals surface area (Å²) in [5.41, 5.74) is 0. The van der Waals surface area contributed by atoms with E-state index in [0.717, 1.165) is 4.88 Å². The number of aliphatic carboxylic acids is 1. The monoisotopic (exact) mass is 184 g/mol. The molecular weight excluding hydrogens is 172 g/mol. The highest BCUT2D eigenvalue weighted by Crippen LogP contribution is 2.27. The van der Waals surface area contributed by atoms with Crippen LogP contribution in [-0.4, -0.2) is 11.1 Å². The Balaban J connectivity index is 2.71. The van der Waals surface area contributed by atoms with E-state index in [9.17, 15) is 4.79 Å². The molecule has 2 unspecified atom stereocenters. The lowest BCUT2D eigenvalue weighted by Gasteiger charge is -2.13. The molecule has 3 heteroatoms. The van der Waals surface area contributed by atoms with Crippen LogP contribution in [0.2, 0.25) is 0 Å². The zero-order valence-electron chi connectivity index (χ0n) is 7.15. The lowest BCUT2D eigenvalue weighted by atomic mass is 9.95. The van der Waals surface area contributed by atoms with Crippen LogP contribution in [0.25, 0.3) is 0 Å². The Morgan fingerprint density at radius 3 is 2.67 bits per heavy atom. The molecule has 66 valence electrons. The second kappa shape index (κ2) is 3.72. The van der Waals surface area contributed by atoms with Crippen molar-refractivity contribution >= 4 is 17.3 Å². The molecule has 0 aliphatic heterocycles. The standard InChI is InChI=1S/C9H12O2S/c1-6(7(2)9(10)11)8-4-3-5-12-8/h3-7H,1-2H3,(H,10,11). The van der Waals surface area contributed by atoms with Gasteiger partial charge in [0.15, 0.2) is 0 Å². The van der Waals surface area contributed by atoms with Gasteiger partial charge in [-0.2, -0.15) is 0 Å². The van der Waals surface area contributed by atoms with Crippen LogP contribution in [0.1, 0.15) is 24.6 Å². The fourth-order valence-electron chi connectivity index (χ4n) is 1.01. The van der Waals surface area contributed by atoms with Gasteiger partial charge >= 0.3 is 5.97 Å². The van der Waals surface area contributed by atoms with Crippen LogP contribution in [0.5, 0.6) is 0 Å². The molecule has 0 fully saturated rings. The van der Waals surface area contributed by atoms with E-state index in [4.69, 9.17) is 5.11 Å². The highest BCUT2D eigenvalue weighted by atomic mass is 32.1.